The maximum absolute atomic E-state index is 11.8. The topological polar surface area (TPSA) is 26.3 Å². The third-order valence-electron chi connectivity index (χ3n) is 3.97. The lowest BCUT2D eigenvalue weighted by molar-refractivity contribution is -0.110. The molecule has 0 fully saturated rings. The maximum atomic E-state index is 11.8. The maximum Gasteiger partial charge on any atom is 0.193 e. The van der Waals surface area contributed by atoms with Gasteiger partial charge in [0, 0.05) is 21.9 Å². The molecule has 0 bridgehead atoms. The highest BCUT2D eigenvalue weighted by Crippen LogP contribution is 2.32. The zero-order valence-electron chi connectivity index (χ0n) is 14.6. The number of rotatable bonds is 6. The predicted octanol–water partition coefficient (Wildman–Crippen LogP) is 6.13. The highest BCUT2D eigenvalue weighted by molar-refractivity contribution is 8.13. The second kappa shape index (κ2) is 8.59. The number of carbonyl (C=O) groups excluding carboxylic acids is 1. The van der Waals surface area contributed by atoms with E-state index in [1.807, 2.05) is 25.1 Å². The molecule has 128 valence electrons. The number of thioether (sulfide) groups is 1. The smallest absolute Gasteiger partial charge is 0.193 e. The Morgan fingerprint density at radius 2 is 1.92 bits per heavy atom. The molecule has 0 N–H and O–H groups in total. The second-order valence-electron chi connectivity index (χ2n) is 5.73. The van der Waals surface area contributed by atoms with Crippen LogP contribution in [0.4, 0.5) is 0 Å². The third-order valence-corrected chi connectivity index (χ3v) is 5.45. The Labute approximate surface area is 153 Å². The minimum Gasteiger partial charge on any atom is -0.489 e. The van der Waals surface area contributed by atoms with Crippen LogP contribution in [-0.4, -0.2) is 5.12 Å². The van der Waals surface area contributed by atoms with Gasteiger partial charge in [-0.1, -0.05) is 49.3 Å². The van der Waals surface area contributed by atoms with Crippen molar-refractivity contribution in [3.8, 4) is 5.75 Å². The lowest BCUT2D eigenvalue weighted by Gasteiger charge is -2.15. The first-order valence-corrected chi connectivity index (χ1v) is 9.36. The van der Waals surface area contributed by atoms with Crippen molar-refractivity contribution >= 4 is 28.5 Å². The molecule has 2 aromatic carbocycles. The lowest BCUT2D eigenvalue weighted by atomic mass is 10.0. The molecule has 4 heteroatoms. The summed E-state index contributed by atoms with van der Waals surface area (Å²) in [5.74, 6) is 0.863. The van der Waals surface area contributed by atoms with E-state index < -0.39 is 0 Å². The van der Waals surface area contributed by atoms with Gasteiger partial charge in [-0.25, -0.2) is 0 Å². The molecule has 0 aliphatic carbocycles. The Morgan fingerprint density at radius 3 is 2.58 bits per heavy atom. The van der Waals surface area contributed by atoms with Crippen LogP contribution in [0.25, 0.3) is 0 Å². The van der Waals surface area contributed by atoms with Crippen LogP contribution in [-0.2, 0) is 17.8 Å². The van der Waals surface area contributed by atoms with E-state index in [9.17, 15) is 4.79 Å². The van der Waals surface area contributed by atoms with Crippen molar-refractivity contribution < 1.29 is 9.53 Å². The van der Waals surface area contributed by atoms with Crippen molar-refractivity contribution in [2.75, 3.05) is 0 Å². The quantitative estimate of drug-likeness (QED) is 0.578. The van der Waals surface area contributed by atoms with Gasteiger partial charge in [0.05, 0.1) is 0 Å². The summed E-state index contributed by atoms with van der Waals surface area (Å²) in [4.78, 5) is 12.6. The number of hydrogen-bond acceptors (Lipinski definition) is 3. The molecule has 0 aliphatic rings. The summed E-state index contributed by atoms with van der Waals surface area (Å²) in [7, 11) is 0. The average molecular weight is 363 g/mol. The Balaban J connectivity index is 2.23. The molecule has 0 amide bonds. The Bertz CT molecular complexity index is 741. The van der Waals surface area contributed by atoms with Crippen molar-refractivity contribution in [3.05, 3.63) is 57.6 Å². The fraction of sp³-hybridized carbons (Fsp3) is 0.350. The Kier molecular flexibility index (Phi) is 6.76. The van der Waals surface area contributed by atoms with Crippen molar-refractivity contribution in [3.63, 3.8) is 0 Å². The zero-order chi connectivity index (χ0) is 17.7. The number of ether oxygens (including phenoxy) is 1. The van der Waals surface area contributed by atoms with Gasteiger partial charge in [0.1, 0.15) is 12.4 Å². The predicted molar refractivity (Wildman–Crippen MR) is 102 cm³/mol. The molecule has 0 aliphatic heterocycles. The van der Waals surface area contributed by atoms with Crippen LogP contribution in [0.2, 0.25) is 5.02 Å². The lowest BCUT2D eigenvalue weighted by Crippen LogP contribution is -2.02. The van der Waals surface area contributed by atoms with E-state index in [1.54, 1.807) is 0 Å². The molecule has 0 atom stereocenters. The fourth-order valence-electron chi connectivity index (χ4n) is 2.51. The number of halogens is 1. The molecule has 0 heterocycles. The SMILES string of the molecule is CCC(=O)Sc1cccc(Cl)c1COc1cc(C)c(CC)cc1C. The van der Waals surface area contributed by atoms with Gasteiger partial charge in [-0.3, -0.25) is 4.79 Å². The van der Waals surface area contributed by atoms with E-state index in [2.05, 4.69) is 32.9 Å². The molecule has 0 saturated heterocycles. The Morgan fingerprint density at radius 1 is 1.17 bits per heavy atom. The molecule has 2 nitrogen and oxygen atoms in total. The summed E-state index contributed by atoms with van der Waals surface area (Å²) in [6.45, 7) is 8.52. The highest BCUT2D eigenvalue weighted by atomic mass is 35.5. The molecular formula is C20H23ClO2S. The number of carbonyl (C=O) groups is 1. The van der Waals surface area contributed by atoms with E-state index in [0.29, 0.717) is 18.1 Å². The normalized spacial score (nSPS) is 10.7. The molecule has 0 aromatic heterocycles. The molecule has 2 rings (SSSR count). The van der Waals surface area contributed by atoms with Gasteiger partial charge in [0.15, 0.2) is 5.12 Å². The minimum atomic E-state index is 0.123. The summed E-state index contributed by atoms with van der Waals surface area (Å²) >= 11 is 7.57. The Hall–Kier alpha value is -1.45. The van der Waals surface area contributed by atoms with Crippen LogP contribution in [0.1, 0.15) is 42.5 Å². The summed E-state index contributed by atoms with van der Waals surface area (Å²) in [5.41, 5.74) is 4.54. The number of benzene rings is 2. The van der Waals surface area contributed by atoms with Gasteiger partial charge >= 0.3 is 0 Å². The van der Waals surface area contributed by atoms with E-state index in [4.69, 9.17) is 16.3 Å². The van der Waals surface area contributed by atoms with E-state index in [0.717, 1.165) is 28.2 Å². The van der Waals surface area contributed by atoms with Gasteiger partial charge in [-0.2, -0.15) is 0 Å². The summed E-state index contributed by atoms with van der Waals surface area (Å²) < 4.78 is 6.03. The van der Waals surface area contributed by atoms with Crippen LogP contribution in [0.5, 0.6) is 5.75 Å². The van der Waals surface area contributed by atoms with E-state index >= 15 is 0 Å². The van der Waals surface area contributed by atoms with Crippen molar-refractivity contribution in [2.24, 2.45) is 0 Å². The minimum absolute atomic E-state index is 0.123. The van der Waals surface area contributed by atoms with Gasteiger partial charge < -0.3 is 4.74 Å². The first kappa shape index (κ1) is 18.9. The van der Waals surface area contributed by atoms with Crippen LogP contribution < -0.4 is 4.74 Å². The summed E-state index contributed by atoms with van der Waals surface area (Å²) in [6.07, 6.45) is 1.51. The molecular weight excluding hydrogens is 340 g/mol. The van der Waals surface area contributed by atoms with E-state index in [1.165, 1.54) is 22.9 Å². The fourth-order valence-corrected chi connectivity index (χ4v) is 3.62. The molecule has 2 aromatic rings. The summed E-state index contributed by atoms with van der Waals surface area (Å²) in [5, 5.41) is 0.751. The second-order valence-corrected chi connectivity index (χ2v) is 7.24. The third kappa shape index (κ3) is 4.55. The van der Waals surface area contributed by atoms with Crippen LogP contribution >= 0.6 is 23.4 Å². The first-order valence-electron chi connectivity index (χ1n) is 8.17. The largest absolute Gasteiger partial charge is 0.489 e. The van der Waals surface area contributed by atoms with Crippen LogP contribution in [0, 0.1) is 13.8 Å². The number of aryl methyl sites for hydroxylation is 3. The van der Waals surface area contributed by atoms with Crippen molar-refractivity contribution in [1.82, 2.24) is 0 Å². The van der Waals surface area contributed by atoms with Gasteiger partial charge in [-0.05, 0) is 55.2 Å². The monoisotopic (exact) mass is 362 g/mol. The molecule has 24 heavy (non-hydrogen) atoms. The molecule has 0 saturated carbocycles. The van der Waals surface area contributed by atoms with Crippen molar-refractivity contribution in [1.29, 1.82) is 0 Å². The first-order chi connectivity index (χ1) is 11.5. The zero-order valence-corrected chi connectivity index (χ0v) is 16.2. The average Bonchev–Trinajstić information content (AvgIpc) is 2.56. The van der Waals surface area contributed by atoms with Gasteiger partial charge in [0.25, 0.3) is 0 Å². The standard InChI is InChI=1S/C20H23ClO2S/c1-5-15-10-14(4)18(11-13(15)3)23-12-16-17(21)8-7-9-19(16)24-20(22)6-2/h7-11H,5-6,12H2,1-4H3. The van der Waals surface area contributed by atoms with Gasteiger partial charge in [0.2, 0.25) is 0 Å². The van der Waals surface area contributed by atoms with E-state index in [-0.39, 0.29) is 5.12 Å². The summed E-state index contributed by atoms with van der Waals surface area (Å²) in [6, 6.07) is 9.87. The van der Waals surface area contributed by atoms with Crippen molar-refractivity contribution in [2.45, 2.75) is 52.0 Å². The molecule has 0 radical (unpaired) electrons. The number of hydrogen-bond donors (Lipinski definition) is 0. The van der Waals surface area contributed by atoms with Crippen LogP contribution in [0.15, 0.2) is 35.2 Å². The molecule has 0 spiro atoms. The highest BCUT2D eigenvalue weighted by Gasteiger charge is 2.13. The van der Waals surface area contributed by atoms with Gasteiger partial charge in [-0.15, -0.1) is 0 Å². The van der Waals surface area contributed by atoms with Crippen LogP contribution in [0.3, 0.4) is 0 Å². The molecule has 0 unspecified atom stereocenters.